The van der Waals surface area contributed by atoms with Crippen LogP contribution in [0.4, 0.5) is 0 Å². The molecule has 1 aromatic rings. The van der Waals surface area contributed by atoms with Gasteiger partial charge < -0.3 is 5.32 Å². The van der Waals surface area contributed by atoms with E-state index >= 15 is 0 Å². The molecule has 19 heavy (non-hydrogen) atoms. The number of thiophene rings is 1. The standard InChI is InChI=1S/C17H29NS/c1-3-12-18-16(17-14(2)11-13-19-17)15-9-7-5-4-6-8-10-15/h11,13,15-16,18H,3-10,12H2,1-2H3. The van der Waals surface area contributed by atoms with Crippen molar-refractivity contribution in [3.05, 3.63) is 21.9 Å². The first-order valence-corrected chi connectivity index (χ1v) is 8.98. The second-order valence-electron chi connectivity index (χ2n) is 6.00. The minimum Gasteiger partial charge on any atom is -0.309 e. The Hall–Kier alpha value is -0.340. The smallest absolute Gasteiger partial charge is 0.0446 e. The van der Waals surface area contributed by atoms with Gasteiger partial charge in [0, 0.05) is 10.9 Å². The Balaban J connectivity index is 2.08. The normalized spacial score (nSPS) is 19.9. The fraction of sp³-hybridized carbons (Fsp3) is 0.765. The Morgan fingerprint density at radius 2 is 1.89 bits per heavy atom. The van der Waals surface area contributed by atoms with Gasteiger partial charge in [0.1, 0.15) is 0 Å². The highest BCUT2D eigenvalue weighted by atomic mass is 32.1. The predicted molar refractivity (Wildman–Crippen MR) is 85.9 cm³/mol. The van der Waals surface area contributed by atoms with E-state index in [1.807, 2.05) is 11.3 Å². The van der Waals surface area contributed by atoms with Gasteiger partial charge in [-0.2, -0.15) is 0 Å². The average molecular weight is 279 g/mol. The number of hydrogen-bond acceptors (Lipinski definition) is 2. The molecular weight excluding hydrogens is 250 g/mol. The Morgan fingerprint density at radius 3 is 2.47 bits per heavy atom. The van der Waals surface area contributed by atoms with Gasteiger partial charge >= 0.3 is 0 Å². The largest absolute Gasteiger partial charge is 0.309 e. The van der Waals surface area contributed by atoms with Crippen molar-refractivity contribution in [1.82, 2.24) is 5.32 Å². The molecule has 0 aromatic carbocycles. The average Bonchev–Trinajstić information content (AvgIpc) is 2.78. The van der Waals surface area contributed by atoms with Crippen LogP contribution in [0.1, 0.15) is 74.8 Å². The summed E-state index contributed by atoms with van der Waals surface area (Å²) in [7, 11) is 0. The van der Waals surface area contributed by atoms with Gasteiger partial charge in [-0.05, 0) is 55.7 Å². The maximum absolute atomic E-state index is 3.84. The van der Waals surface area contributed by atoms with Crippen molar-refractivity contribution in [2.45, 2.75) is 71.3 Å². The molecular formula is C17H29NS. The first-order valence-electron chi connectivity index (χ1n) is 8.10. The molecule has 1 unspecified atom stereocenters. The Kier molecular flexibility index (Phi) is 6.39. The third kappa shape index (κ3) is 4.32. The quantitative estimate of drug-likeness (QED) is 0.755. The van der Waals surface area contributed by atoms with Gasteiger partial charge in [-0.1, -0.05) is 39.0 Å². The van der Waals surface area contributed by atoms with Crippen LogP contribution >= 0.6 is 11.3 Å². The molecule has 0 radical (unpaired) electrons. The van der Waals surface area contributed by atoms with Crippen molar-refractivity contribution >= 4 is 11.3 Å². The van der Waals surface area contributed by atoms with Crippen LogP contribution < -0.4 is 5.32 Å². The van der Waals surface area contributed by atoms with Crippen LogP contribution in [0, 0.1) is 12.8 Å². The molecule has 1 fully saturated rings. The van der Waals surface area contributed by atoms with Crippen molar-refractivity contribution < 1.29 is 0 Å². The number of rotatable bonds is 5. The van der Waals surface area contributed by atoms with E-state index in [1.165, 1.54) is 56.9 Å². The Labute approximate surface area is 122 Å². The van der Waals surface area contributed by atoms with Gasteiger partial charge in [-0.25, -0.2) is 0 Å². The third-order valence-corrected chi connectivity index (χ3v) is 5.52. The van der Waals surface area contributed by atoms with Crippen LogP contribution in [-0.2, 0) is 0 Å². The molecule has 2 heteroatoms. The molecule has 0 aliphatic heterocycles. The molecule has 1 nitrogen and oxygen atoms in total. The molecule has 0 spiro atoms. The lowest BCUT2D eigenvalue weighted by Crippen LogP contribution is -2.29. The molecule has 0 saturated heterocycles. The molecule has 1 aliphatic carbocycles. The summed E-state index contributed by atoms with van der Waals surface area (Å²) in [5.41, 5.74) is 1.49. The predicted octanol–water partition coefficient (Wildman–Crippen LogP) is 5.46. The van der Waals surface area contributed by atoms with E-state index < -0.39 is 0 Å². The van der Waals surface area contributed by atoms with Crippen molar-refractivity contribution in [2.75, 3.05) is 6.54 Å². The second kappa shape index (κ2) is 8.06. The summed E-state index contributed by atoms with van der Waals surface area (Å²) in [6.45, 7) is 5.69. The number of hydrogen-bond donors (Lipinski definition) is 1. The van der Waals surface area contributed by atoms with Gasteiger partial charge in [-0.15, -0.1) is 11.3 Å². The maximum atomic E-state index is 3.84. The summed E-state index contributed by atoms with van der Waals surface area (Å²) in [5.74, 6) is 0.851. The molecule has 0 amide bonds. The molecule has 0 bridgehead atoms. The summed E-state index contributed by atoms with van der Waals surface area (Å²) in [5, 5.41) is 6.10. The maximum Gasteiger partial charge on any atom is 0.0446 e. The fourth-order valence-corrected chi connectivity index (χ4v) is 4.39. The van der Waals surface area contributed by atoms with Crippen LogP contribution in [0.5, 0.6) is 0 Å². The molecule has 1 saturated carbocycles. The summed E-state index contributed by atoms with van der Waals surface area (Å²) in [6.07, 6.45) is 11.3. The highest BCUT2D eigenvalue weighted by Crippen LogP contribution is 2.36. The van der Waals surface area contributed by atoms with Crippen LogP contribution in [0.15, 0.2) is 11.4 Å². The van der Waals surface area contributed by atoms with Crippen LogP contribution in [0.3, 0.4) is 0 Å². The molecule has 1 atom stereocenters. The zero-order chi connectivity index (χ0) is 13.5. The Morgan fingerprint density at radius 1 is 1.21 bits per heavy atom. The third-order valence-electron chi connectivity index (χ3n) is 4.42. The highest BCUT2D eigenvalue weighted by molar-refractivity contribution is 7.10. The lowest BCUT2D eigenvalue weighted by molar-refractivity contribution is 0.291. The van der Waals surface area contributed by atoms with Crippen molar-refractivity contribution in [3.63, 3.8) is 0 Å². The summed E-state index contributed by atoms with van der Waals surface area (Å²) in [6, 6.07) is 2.89. The minimum atomic E-state index is 0.609. The van der Waals surface area contributed by atoms with Gasteiger partial charge in [0.25, 0.3) is 0 Å². The molecule has 1 aliphatic rings. The lowest BCUT2D eigenvalue weighted by Gasteiger charge is -2.29. The lowest BCUT2D eigenvalue weighted by atomic mass is 9.84. The topological polar surface area (TPSA) is 12.0 Å². The van der Waals surface area contributed by atoms with Gasteiger partial charge in [0.15, 0.2) is 0 Å². The van der Waals surface area contributed by atoms with Crippen molar-refractivity contribution in [3.8, 4) is 0 Å². The first-order chi connectivity index (χ1) is 9.33. The highest BCUT2D eigenvalue weighted by Gasteiger charge is 2.25. The van der Waals surface area contributed by atoms with E-state index in [1.54, 1.807) is 4.88 Å². The van der Waals surface area contributed by atoms with E-state index in [9.17, 15) is 0 Å². The van der Waals surface area contributed by atoms with Crippen LogP contribution in [-0.4, -0.2) is 6.54 Å². The summed E-state index contributed by atoms with van der Waals surface area (Å²) in [4.78, 5) is 1.60. The van der Waals surface area contributed by atoms with Crippen LogP contribution in [0.2, 0.25) is 0 Å². The molecule has 2 rings (SSSR count). The van der Waals surface area contributed by atoms with Crippen molar-refractivity contribution in [2.24, 2.45) is 5.92 Å². The second-order valence-corrected chi connectivity index (χ2v) is 6.95. The first kappa shape index (κ1) is 15.1. The van der Waals surface area contributed by atoms with Gasteiger partial charge in [0.05, 0.1) is 0 Å². The van der Waals surface area contributed by atoms with Crippen molar-refractivity contribution in [1.29, 1.82) is 0 Å². The molecule has 1 aromatic heterocycles. The van der Waals surface area contributed by atoms with Crippen LogP contribution in [0.25, 0.3) is 0 Å². The van der Waals surface area contributed by atoms with E-state index in [0.717, 1.165) is 12.5 Å². The van der Waals surface area contributed by atoms with E-state index in [-0.39, 0.29) is 0 Å². The summed E-state index contributed by atoms with van der Waals surface area (Å²) >= 11 is 1.95. The summed E-state index contributed by atoms with van der Waals surface area (Å²) < 4.78 is 0. The molecule has 1 N–H and O–H groups in total. The number of nitrogens with one attached hydrogen (secondary N) is 1. The van der Waals surface area contributed by atoms with E-state index in [4.69, 9.17) is 0 Å². The van der Waals surface area contributed by atoms with Gasteiger partial charge in [0.2, 0.25) is 0 Å². The zero-order valence-electron chi connectivity index (χ0n) is 12.6. The fourth-order valence-electron chi connectivity index (χ4n) is 3.30. The van der Waals surface area contributed by atoms with Gasteiger partial charge in [-0.3, -0.25) is 0 Å². The molecule has 108 valence electrons. The van der Waals surface area contributed by atoms with E-state index in [0.29, 0.717) is 6.04 Å². The molecule has 1 heterocycles. The monoisotopic (exact) mass is 279 g/mol. The van der Waals surface area contributed by atoms with E-state index in [2.05, 4.69) is 30.6 Å². The minimum absolute atomic E-state index is 0.609. The zero-order valence-corrected chi connectivity index (χ0v) is 13.4. The number of aryl methyl sites for hydroxylation is 1. The Bertz CT molecular complexity index is 350. The SMILES string of the molecule is CCCNC(c1sccc1C)C1CCCCCCC1.